The first-order valence-corrected chi connectivity index (χ1v) is 8.18. The Morgan fingerprint density at radius 1 is 1.25 bits per heavy atom. The number of phenolic OH excluding ortho intramolecular Hbond substituents is 1. The van der Waals surface area contributed by atoms with E-state index in [0.29, 0.717) is 11.3 Å². The Labute approximate surface area is 149 Å². The number of phenols is 1. The molecule has 2 aromatic carbocycles. The highest BCUT2D eigenvalue weighted by molar-refractivity contribution is 9.10. The highest BCUT2D eigenvalue weighted by Crippen LogP contribution is 2.25. The SMILES string of the molecule is Cc1cc(Br)cc(/C=N\NC(=O)COc2c(C)cccc2C)c1O. The molecule has 0 aliphatic rings. The minimum absolute atomic E-state index is 0.128. The van der Waals surface area contributed by atoms with Crippen LogP contribution in [-0.2, 0) is 4.79 Å². The van der Waals surface area contributed by atoms with Gasteiger partial charge in [-0.3, -0.25) is 4.79 Å². The van der Waals surface area contributed by atoms with Gasteiger partial charge >= 0.3 is 0 Å². The van der Waals surface area contributed by atoms with Crippen molar-refractivity contribution in [2.75, 3.05) is 6.61 Å². The summed E-state index contributed by atoms with van der Waals surface area (Å²) in [5.74, 6) is 0.458. The fourth-order valence-electron chi connectivity index (χ4n) is 2.23. The Balaban J connectivity index is 1.94. The lowest BCUT2D eigenvalue weighted by Crippen LogP contribution is -2.25. The molecule has 5 nitrogen and oxygen atoms in total. The molecule has 0 heterocycles. The van der Waals surface area contributed by atoms with E-state index in [1.165, 1.54) is 6.21 Å². The molecule has 2 rings (SSSR count). The number of nitrogens with one attached hydrogen (secondary N) is 1. The monoisotopic (exact) mass is 390 g/mol. The summed E-state index contributed by atoms with van der Waals surface area (Å²) in [6.45, 7) is 5.51. The van der Waals surface area contributed by atoms with Crippen LogP contribution in [0.15, 0.2) is 39.9 Å². The van der Waals surface area contributed by atoms with E-state index in [2.05, 4.69) is 26.5 Å². The molecule has 0 spiro atoms. The average molecular weight is 391 g/mol. The Bertz CT molecular complexity index is 768. The first-order chi connectivity index (χ1) is 11.4. The third-order valence-electron chi connectivity index (χ3n) is 3.44. The second-order valence-corrected chi connectivity index (χ2v) is 6.38. The van der Waals surface area contributed by atoms with E-state index in [9.17, 15) is 9.90 Å². The molecule has 0 atom stereocenters. The number of hydrogen-bond donors (Lipinski definition) is 2. The molecule has 6 heteroatoms. The Morgan fingerprint density at radius 2 is 1.92 bits per heavy atom. The number of aryl methyl sites for hydroxylation is 3. The molecular weight excluding hydrogens is 372 g/mol. The summed E-state index contributed by atoms with van der Waals surface area (Å²) in [6.07, 6.45) is 1.39. The van der Waals surface area contributed by atoms with Gasteiger partial charge in [-0.05, 0) is 49.6 Å². The number of para-hydroxylation sites is 1. The number of hydrogen-bond acceptors (Lipinski definition) is 4. The zero-order valence-electron chi connectivity index (χ0n) is 13.8. The van der Waals surface area contributed by atoms with Crippen LogP contribution < -0.4 is 10.2 Å². The maximum absolute atomic E-state index is 11.8. The minimum atomic E-state index is -0.375. The van der Waals surface area contributed by atoms with Gasteiger partial charge < -0.3 is 9.84 Å². The van der Waals surface area contributed by atoms with Crippen molar-refractivity contribution in [3.63, 3.8) is 0 Å². The third kappa shape index (κ3) is 4.58. The van der Waals surface area contributed by atoms with E-state index in [-0.39, 0.29) is 18.3 Å². The summed E-state index contributed by atoms with van der Waals surface area (Å²) in [5, 5.41) is 13.8. The second kappa shape index (κ2) is 7.97. The Hall–Kier alpha value is -2.34. The number of aromatic hydroxyl groups is 1. The van der Waals surface area contributed by atoms with E-state index in [4.69, 9.17) is 4.74 Å². The fourth-order valence-corrected chi connectivity index (χ4v) is 2.82. The maximum atomic E-state index is 11.8. The number of halogens is 1. The number of nitrogens with zero attached hydrogens (tertiary/aromatic N) is 1. The van der Waals surface area contributed by atoms with Crippen LogP contribution in [0.25, 0.3) is 0 Å². The van der Waals surface area contributed by atoms with Crippen molar-refractivity contribution >= 4 is 28.1 Å². The lowest BCUT2D eigenvalue weighted by molar-refractivity contribution is -0.123. The van der Waals surface area contributed by atoms with E-state index in [1.807, 2.05) is 32.0 Å². The summed E-state index contributed by atoms with van der Waals surface area (Å²) in [5.41, 5.74) is 5.56. The number of benzene rings is 2. The Kier molecular flexibility index (Phi) is 5.98. The van der Waals surface area contributed by atoms with Crippen molar-refractivity contribution in [2.24, 2.45) is 5.10 Å². The molecule has 0 aromatic heterocycles. The van der Waals surface area contributed by atoms with Crippen LogP contribution in [0.1, 0.15) is 22.3 Å². The molecule has 0 saturated carbocycles. The molecule has 0 bridgehead atoms. The van der Waals surface area contributed by atoms with Crippen LogP contribution in [0.4, 0.5) is 0 Å². The van der Waals surface area contributed by atoms with Gasteiger partial charge in [0.1, 0.15) is 11.5 Å². The first-order valence-electron chi connectivity index (χ1n) is 7.38. The predicted octanol–water partition coefficient (Wildman–Crippen LogP) is 3.61. The molecule has 126 valence electrons. The number of amides is 1. The summed E-state index contributed by atoms with van der Waals surface area (Å²) in [7, 11) is 0. The summed E-state index contributed by atoms with van der Waals surface area (Å²) >= 11 is 3.35. The van der Waals surface area contributed by atoms with Crippen molar-refractivity contribution in [3.05, 3.63) is 57.1 Å². The minimum Gasteiger partial charge on any atom is -0.507 e. The van der Waals surface area contributed by atoms with Crippen LogP contribution in [-0.4, -0.2) is 23.8 Å². The standard InChI is InChI=1S/C18H19BrN2O3/c1-11-5-4-6-12(2)18(11)24-10-16(22)21-20-9-14-8-15(19)7-13(3)17(14)23/h4-9,23H,10H2,1-3H3,(H,21,22)/b20-9-. The number of carbonyl (C=O) groups is 1. The van der Waals surface area contributed by atoms with Crippen molar-refractivity contribution in [3.8, 4) is 11.5 Å². The third-order valence-corrected chi connectivity index (χ3v) is 3.90. The molecule has 0 saturated heterocycles. The number of rotatable bonds is 5. The van der Waals surface area contributed by atoms with Crippen LogP contribution in [0.5, 0.6) is 11.5 Å². The highest BCUT2D eigenvalue weighted by Gasteiger charge is 2.07. The zero-order chi connectivity index (χ0) is 17.7. The largest absolute Gasteiger partial charge is 0.507 e. The first kappa shape index (κ1) is 18.0. The van der Waals surface area contributed by atoms with E-state index < -0.39 is 0 Å². The van der Waals surface area contributed by atoms with Crippen LogP contribution in [0.3, 0.4) is 0 Å². The maximum Gasteiger partial charge on any atom is 0.277 e. The molecule has 0 fully saturated rings. The van der Waals surface area contributed by atoms with Gasteiger partial charge in [-0.1, -0.05) is 34.1 Å². The van der Waals surface area contributed by atoms with Crippen LogP contribution >= 0.6 is 15.9 Å². The number of carbonyl (C=O) groups excluding carboxylic acids is 1. The van der Waals surface area contributed by atoms with Gasteiger partial charge in [0.15, 0.2) is 6.61 Å². The van der Waals surface area contributed by atoms with E-state index in [1.54, 1.807) is 19.1 Å². The molecule has 2 N–H and O–H groups in total. The van der Waals surface area contributed by atoms with Gasteiger partial charge in [-0.25, -0.2) is 5.43 Å². The fraction of sp³-hybridized carbons (Fsp3) is 0.222. The molecule has 0 radical (unpaired) electrons. The molecule has 0 aliphatic heterocycles. The molecule has 0 aliphatic carbocycles. The molecule has 1 amide bonds. The van der Waals surface area contributed by atoms with Crippen molar-refractivity contribution in [1.82, 2.24) is 5.43 Å². The summed E-state index contributed by atoms with van der Waals surface area (Å²) < 4.78 is 6.37. The lowest BCUT2D eigenvalue weighted by Gasteiger charge is -2.10. The second-order valence-electron chi connectivity index (χ2n) is 5.46. The highest BCUT2D eigenvalue weighted by atomic mass is 79.9. The molecular formula is C18H19BrN2O3. The normalized spacial score (nSPS) is 10.8. The quantitative estimate of drug-likeness (QED) is 0.604. The molecule has 2 aromatic rings. The van der Waals surface area contributed by atoms with E-state index in [0.717, 1.165) is 21.2 Å². The van der Waals surface area contributed by atoms with Crippen molar-refractivity contribution in [1.29, 1.82) is 0 Å². The smallest absolute Gasteiger partial charge is 0.277 e. The summed E-state index contributed by atoms with van der Waals surface area (Å²) in [4.78, 5) is 11.8. The van der Waals surface area contributed by atoms with Gasteiger partial charge in [-0.15, -0.1) is 0 Å². The van der Waals surface area contributed by atoms with E-state index >= 15 is 0 Å². The summed E-state index contributed by atoms with van der Waals surface area (Å²) in [6, 6.07) is 9.30. The predicted molar refractivity (Wildman–Crippen MR) is 97.7 cm³/mol. The van der Waals surface area contributed by atoms with Gasteiger partial charge in [-0.2, -0.15) is 5.10 Å². The number of ether oxygens (including phenoxy) is 1. The van der Waals surface area contributed by atoms with Crippen LogP contribution in [0, 0.1) is 20.8 Å². The number of hydrazone groups is 1. The van der Waals surface area contributed by atoms with Gasteiger partial charge in [0.2, 0.25) is 0 Å². The zero-order valence-corrected chi connectivity index (χ0v) is 15.3. The van der Waals surface area contributed by atoms with Gasteiger partial charge in [0.25, 0.3) is 5.91 Å². The molecule has 0 unspecified atom stereocenters. The average Bonchev–Trinajstić information content (AvgIpc) is 2.51. The van der Waals surface area contributed by atoms with Crippen molar-refractivity contribution < 1.29 is 14.6 Å². The topological polar surface area (TPSA) is 70.9 Å². The van der Waals surface area contributed by atoms with Crippen molar-refractivity contribution in [2.45, 2.75) is 20.8 Å². The Morgan fingerprint density at radius 3 is 2.58 bits per heavy atom. The van der Waals surface area contributed by atoms with Gasteiger partial charge in [0, 0.05) is 10.0 Å². The van der Waals surface area contributed by atoms with Gasteiger partial charge in [0.05, 0.1) is 6.21 Å². The van der Waals surface area contributed by atoms with Crippen LogP contribution in [0.2, 0.25) is 0 Å². The lowest BCUT2D eigenvalue weighted by atomic mass is 10.1. The molecule has 24 heavy (non-hydrogen) atoms.